The first kappa shape index (κ1) is 23.1. The Morgan fingerprint density at radius 3 is 2.05 bits per heavy atom. The molecule has 0 aliphatic heterocycles. The molecular weight excluding hydrogens is 288 g/mol. The Bertz CT molecular complexity index is 317. The number of aliphatic hydroxyl groups is 2. The van der Waals surface area contributed by atoms with E-state index in [1.54, 1.807) is 6.08 Å². The Hall–Kier alpha value is -1.21. The maximum atomic E-state index is 11.2. The summed E-state index contributed by atoms with van der Waals surface area (Å²) in [6.45, 7) is 8.19. The van der Waals surface area contributed by atoms with Crippen molar-refractivity contribution < 1.29 is 29.6 Å². The normalized spacial score (nSPS) is 12.8. The number of hydrogen-bond acceptors (Lipinski definition) is 5. The molecule has 0 aliphatic carbocycles. The van der Waals surface area contributed by atoms with Crippen LogP contribution in [0.25, 0.3) is 0 Å². The van der Waals surface area contributed by atoms with Crippen LogP contribution in [-0.4, -0.2) is 60.9 Å². The van der Waals surface area contributed by atoms with Gasteiger partial charge in [-0.3, -0.25) is 0 Å². The average Bonchev–Trinajstić information content (AvgIpc) is 2.51. The van der Waals surface area contributed by atoms with Crippen molar-refractivity contribution in [3.05, 3.63) is 23.8 Å². The van der Waals surface area contributed by atoms with Crippen molar-refractivity contribution in [2.24, 2.45) is 0 Å². The Morgan fingerprint density at radius 2 is 1.77 bits per heavy atom. The smallest absolute Gasteiger partial charge is 0.334 e. The van der Waals surface area contributed by atoms with Crippen LogP contribution in [0.15, 0.2) is 23.8 Å². The van der Waals surface area contributed by atoms with E-state index in [-0.39, 0.29) is 19.3 Å². The van der Waals surface area contributed by atoms with Gasteiger partial charge in [0.15, 0.2) is 0 Å². The number of carbonyl (C=O) groups is 1. The molecular formula is C16H30O6. The van der Waals surface area contributed by atoms with Crippen LogP contribution in [0.5, 0.6) is 0 Å². The van der Waals surface area contributed by atoms with Crippen molar-refractivity contribution >= 4 is 5.97 Å². The minimum absolute atomic E-state index is 0.0278. The quantitative estimate of drug-likeness (QED) is 0.305. The molecule has 0 aliphatic rings. The standard InChI is InChI=1S/C12H20O3.C4H10O3/c1-5-8-9(6-2)11(12(13)14)10(7-3)15-4;5-1-3-7-4-2-6/h5,10H,1,6-8H2,2-4H3,(H,13,14);5-6H,1-4H2. The van der Waals surface area contributed by atoms with Crippen molar-refractivity contribution in [1.82, 2.24) is 0 Å². The highest BCUT2D eigenvalue weighted by molar-refractivity contribution is 5.88. The maximum Gasteiger partial charge on any atom is 0.334 e. The summed E-state index contributed by atoms with van der Waals surface area (Å²) in [6, 6.07) is 0. The number of methoxy groups -OCH3 is 1. The second-order valence-electron chi connectivity index (χ2n) is 4.36. The highest BCUT2D eigenvalue weighted by atomic mass is 16.5. The molecule has 0 aromatic rings. The van der Waals surface area contributed by atoms with Crippen LogP contribution in [0, 0.1) is 0 Å². The summed E-state index contributed by atoms with van der Waals surface area (Å²) >= 11 is 0. The molecule has 6 heteroatoms. The largest absolute Gasteiger partial charge is 0.478 e. The van der Waals surface area contributed by atoms with Gasteiger partial charge in [0.1, 0.15) is 0 Å². The highest BCUT2D eigenvalue weighted by Gasteiger charge is 2.21. The third-order valence-corrected chi connectivity index (χ3v) is 2.88. The summed E-state index contributed by atoms with van der Waals surface area (Å²) < 4.78 is 9.81. The number of ether oxygens (including phenoxy) is 2. The number of carboxylic acids is 1. The lowest BCUT2D eigenvalue weighted by molar-refractivity contribution is -0.134. The van der Waals surface area contributed by atoms with E-state index in [0.29, 0.717) is 38.0 Å². The molecule has 1 unspecified atom stereocenters. The van der Waals surface area contributed by atoms with E-state index in [0.717, 1.165) is 5.57 Å². The molecule has 130 valence electrons. The van der Waals surface area contributed by atoms with Gasteiger partial charge in [-0.05, 0) is 19.3 Å². The fourth-order valence-electron chi connectivity index (χ4n) is 1.86. The molecule has 1 atom stereocenters. The number of rotatable bonds is 11. The molecule has 0 amide bonds. The molecule has 0 bridgehead atoms. The van der Waals surface area contributed by atoms with Gasteiger partial charge in [0.25, 0.3) is 0 Å². The Balaban J connectivity index is 0. The molecule has 6 nitrogen and oxygen atoms in total. The zero-order valence-corrected chi connectivity index (χ0v) is 13.9. The zero-order valence-electron chi connectivity index (χ0n) is 13.9. The van der Waals surface area contributed by atoms with Crippen molar-refractivity contribution in [3.8, 4) is 0 Å². The van der Waals surface area contributed by atoms with Crippen LogP contribution < -0.4 is 0 Å². The van der Waals surface area contributed by atoms with Gasteiger partial charge in [-0.25, -0.2) is 4.79 Å². The Kier molecular flexibility index (Phi) is 16.9. The number of aliphatic carboxylic acids is 1. The SMILES string of the molecule is C=CCC(CC)=C(C(=O)O)C(CC)OC.OCCOCCO. The lowest BCUT2D eigenvalue weighted by atomic mass is 9.96. The number of allylic oxidation sites excluding steroid dienone is 2. The van der Waals surface area contributed by atoms with Gasteiger partial charge in [0, 0.05) is 7.11 Å². The van der Waals surface area contributed by atoms with Crippen molar-refractivity contribution in [3.63, 3.8) is 0 Å². The van der Waals surface area contributed by atoms with E-state index in [9.17, 15) is 4.79 Å². The summed E-state index contributed by atoms with van der Waals surface area (Å²) in [5, 5.41) is 25.3. The van der Waals surface area contributed by atoms with Crippen LogP contribution in [0.1, 0.15) is 33.1 Å². The predicted molar refractivity (Wildman–Crippen MR) is 85.8 cm³/mol. The third-order valence-electron chi connectivity index (χ3n) is 2.88. The molecule has 3 N–H and O–H groups in total. The molecule has 0 rings (SSSR count). The van der Waals surface area contributed by atoms with Gasteiger partial charge in [-0.1, -0.05) is 25.5 Å². The van der Waals surface area contributed by atoms with Crippen LogP contribution in [0.4, 0.5) is 0 Å². The molecule has 0 saturated heterocycles. The lowest BCUT2D eigenvalue weighted by Crippen LogP contribution is -2.21. The summed E-state index contributed by atoms with van der Waals surface area (Å²) in [4.78, 5) is 11.2. The van der Waals surface area contributed by atoms with Crippen molar-refractivity contribution in [2.75, 3.05) is 33.5 Å². The number of hydrogen-bond donors (Lipinski definition) is 3. The monoisotopic (exact) mass is 318 g/mol. The van der Waals surface area contributed by atoms with Gasteiger partial charge >= 0.3 is 5.97 Å². The minimum Gasteiger partial charge on any atom is -0.478 e. The average molecular weight is 318 g/mol. The van der Waals surface area contributed by atoms with Gasteiger partial charge in [0.2, 0.25) is 0 Å². The molecule has 0 aromatic carbocycles. The van der Waals surface area contributed by atoms with E-state index < -0.39 is 5.97 Å². The predicted octanol–water partition coefficient (Wildman–Crippen LogP) is 1.77. The van der Waals surface area contributed by atoms with Gasteiger partial charge in [0.05, 0.1) is 38.1 Å². The van der Waals surface area contributed by atoms with Crippen LogP contribution >= 0.6 is 0 Å². The fraction of sp³-hybridized carbons (Fsp3) is 0.688. The Labute approximate surface area is 133 Å². The maximum absolute atomic E-state index is 11.2. The topological polar surface area (TPSA) is 96.2 Å². The summed E-state index contributed by atoms with van der Waals surface area (Å²) in [7, 11) is 1.54. The molecule has 0 aromatic heterocycles. The van der Waals surface area contributed by atoms with Crippen LogP contribution in [-0.2, 0) is 14.3 Å². The lowest BCUT2D eigenvalue weighted by Gasteiger charge is -2.17. The van der Waals surface area contributed by atoms with E-state index in [1.165, 1.54) is 7.11 Å². The molecule has 22 heavy (non-hydrogen) atoms. The molecule has 0 radical (unpaired) electrons. The van der Waals surface area contributed by atoms with Crippen molar-refractivity contribution in [2.45, 2.75) is 39.2 Å². The first-order valence-electron chi connectivity index (χ1n) is 7.42. The number of carboxylic acid groups (broad SMARTS) is 1. The second-order valence-corrected chi connectivity index (χ2v) is 4.36. The van der Waals surface area contributed by atoms with Gasteiger partial charge in [-0.15, -0.1) is 6.58 Å². The molecule has 0 heterocycles. The second kappa shape index (κ2) is 16.2. The van der Waals surface area contributed by atoms with Crippen LogP contribution in [0.2, 0.25) is 0 Å². The van der Waals surface area contributed by atoms with E-state index in [2.05, 4.69) is 11.3 Å². The Morgan fingerprint density at radius 1 is 1.23 bits per heavy atom. The van der Waals surface area contributed by atoms with Gasteiger partial charge < -0.3 is 24.8 Å². The summed E-state index contributed by atoms with van der Waals surface area (Å²) in [6.07, 6.45) is 3.39. The zero-order chi connectivity index (χ0) is 17.4. The van der Waals surface area contributed by atoms with E-state index in [1.807, 2.05) is 13.8 Å². The first-order chi connectivity index (χ1) is 10.5. The first-order valence-corrected chi connectivity index (χ1v) is 7.42. The van der Waals surface area contributed by atoms with E-state index >= 15 is 0 Å². The summed E-state index contributed by atoms with van der Waals surface area (Å²) in [5.41, 5.74) is 1.29. The minimum atomic E-state index is -0.887. The number of aliphatic hydroxyl groups excluding tert-OH is 2. The molecule has 0 saturated carbocycles. The van der Waals surface area contributed by atoms with Crippen LogP contribution in [0.3, 0.4) is 0 Å². The van der Waals surface area contributed by atoms with Crippen molar-refractivity contribution in [1.29, 1.82) is 0 Å². The highest BCUT2D eigenvalue weighted by Crippen LogP contribution is 2.20. The fourth-order valence-corrected chi connectivity index (χ4v) is 1.86. The van der Waals surface area contributed by atoms with Gasteiger partial charge in [-0.2, -0.15) is 0 Å². The van der Waals surface area contributed by atoms with E-state index in [4.69, 9.17) is 20.1 Å². The molecule has 0 fully saturated rings. The third kappa shape index (κ3) is 10.5. The summed E-state index contributed by atoms with van der Waals surface area (Å²) in [5.74, 6) is -0.887. The molecule has 0 spiro atoms.